The van der Waals surface area contributed by atoms with Gasteiger partial charge in [-0.25, -0.2) is 9.37 Å². The Morgan fingerprint density at radius 2 is 1.84 bits per heavy atom. The number of aromatic nitrogens is 3. The van der Waals surface area contributed by atoms with Crippen molar-refractivity contribution in [3.05, 3.63) is 53.1 Å². The summed E-state index contributed by atoms with van der Waals surface area (Å²) in [4.78, 5) is 19.9. The van der Waals surface area contributed by atoms with Gasteiger partial charge in [-0.2, -0.15) is 9.97 Å². The SMILES string of the molecule is C[C@@H](COc1nc(N2CCC[C@@](C)(O)C2)c2cnc(Cl)c(F)c2n1)CN1CCN(Cc2ccccc2)CC1. The van der Waals surface area contributed by atoms with Crippen LogP contribution in [0.2, 0.25) is 5.15 Å². The molecule has 0 radical (unpaired) electrons. The summed E-state index contributed by atoms with van der Waals surface area (Å²) in [6.45, 7) is 11.4. The van der Waals surface area contributed by atoms with E-state index in [0.717, 1.165) is 45.7 Å². The van der Waals surface area contributed by atoms with E-state index >= 15 is 0 Å². The summed E-state index contributed by atoms with van der Waals surface area (Å²) in [6.07, 6.45) is 2.99. The van der Waals surface area contributed by atoms with Crippen LogP contribution in [0.3, 0.4) is 0 Å². The van der Waals surface area contributed by atoms with E-state index in [1.165, 1.54) is 11.8 Å². The first-order valence-electron chi connectivity index (χ1n) is 13.4. The van der Waals surface area contributed by atoms with E-state index in [2.05, 4.69) is 62.0 Å². The fourth-order valence-electron chi connectivity index (χ4n) is 5.39. The number of anilines is 1. The van der Waals surface area contributed by atoms with Crippen LogP contribution in [0, 0.1) is 11.7 Å². The fraction of sp³-hybridized carbons (Fsp3) is 0.536. The van der Waals surface area contributed by atoms with Crippen LogP contribution in [-0.2, 0) is 6.54 Å². The first-order valence-corrected chi connectivity index (χ1v) is 13.8. The third-order valence-corrected chi connectivity index (χ3v) is 7.62. The average Bonchev–Trinajstić information content (AvgIpc) is 2.90. The molecule has 8 nitrogen and oxygen atoms in total. The van der Waals surface area contributed by atoms with Gasteiger partial charge in [-0.15, -0.1) is 0 Å². The predicted octanol–water partition coefficient (Wildman–Crippen LogP) is 4.00. The Bertz CT molecular complexity index is 1240. The number of aliphatic hydroxyl groups is 1. The Kier molecular flexibility index (Phi) is 8.28. The monoisotopic (exact) mass is 542 g/mol. The fourth-order valence-corrected chi connectivity index (χ4v) is 5.53. The molecule has 204 valence electrons. The van der Waals surface area contributed by atoms with Crippen LogP contribution in [0.25, 0.3) is 10.9 Å². The van der Waals surface area contributed by atoms with Crippen molar-refractivity contribution in [1.82, 2.24) is 24.8 Å². The van der Waals surface area contributed by atoms with Crippen molar-refractivity contribution >= 4 is 28.3 Å². The first-order chi connectivity index (χ1) is 18.3. The largest absolute Gasteiger partial charge is 0.463 e. The van der Waals surface area contributed by atoms with E-state index in [0.29, 0.717) is 37.3 Å². The molecule has 1 N–H and O–H groups in total. The third kappa shape index (κ3) is 6.51. The van der Waals surface area contributed by atoms with Crippen molar-refractivity contribution in [1.29, 1.82) is 0 Å². The Morgan fingerprint density at radius 1 is 1.11 bits per heavy atom. The number of hydrogen-bond donors (Lipinski definition) is 1. The van der Waals surface area contributed by atoms with Crippen LogP contribution in [0.4, 0.5) is 10.2 Å². The van der Waals surface area contributed by atoms with Crippen molar-refractivity contribution in [2.24, 2.45) is 5.92 Å². The van der Waals surface area contributed by atoms with Gasteiger partial charge in [-0.1, -0.05) is 48.9 Å². The van der Waals surface area contributed by atoms with Crippen LogP contribution >= 0.6 is 11.6 Å². The van der Waals surface area contributed by atoms with Crippen molar-refractivity contribution < 1.29 is 14.2 Å². The molecule has 0 amide bonds. The summed E-state index contributed by atoms with van der Waals surface area (Å²) < 4.78 is 21.0. The minimum atomic E-state index is -0.853. The maximum atomic E-state index is 14.9. The number of hydrogen-bond acceptors (Lipinski definition) is 8. The smallest absolute Gasteiger partial charge is 0.319 e. The van der Waals surface area contributed by atoms with Gasteiger partial charge in [0.1, 0.15) is 11.3 Å². The predicted molar refractivity (Wildman–Crippen MR) is 147 cm³/mol. The van der Waals surface area contributed by atoms with Crippen LogP contribution < -0.4 is 9.64 Å². The van der Waals surface area contributed by atoms with E-state index in [1.807, 2.05) is 4.90 Å². The summed E-state index contributed by atoms with van der Waals surface area (Å²) in [6, 6.07) is 10.7. The van der Waals surface area contributed by atoms with Gasteiger partial charge < -0.3 is 19.6 Å². The summed E-state index contributed by atoms with van der Waals surface area (Å²) in [7, 11) is 0. The molecule has 0 unspecified atom stereocenters. The highest BCUT2D eigenvalue weighted by Crippen LogP contribution is 2.33. The molecule has 3 aromatic rings. The number of halogens is 2. The molecule has 1 aromatic carbocycles. The molecule has 10 heteroatoms. The molecule has 2 atom stereocenters. The molecule has 38 heavy (non-hydrogen) atoms. The average molecular weight is 543 g/mol. The normalized spacial score (nSPS) is 22.1. The third-order valence-electron chi connectivity index (χ3n) is 7.36. The quantitative estimate of drug-likeness (QED) is 0.428. The summed E-state index contributed by atoms with van der Waals surface area (Å²) >= 11 is 5.97. The number of pyridine rings is 1. The number of piperazine rings is 1. The number of rotatable bonds is 8. The molecule has 4 heterocycles. The molecule has 5 rings (SSSR count). The van der Waals surface area contributed by atoms with Gasteiger partial charge in [0.15, 0.2) is 11.0 Å². The molecule has 2 saturated heterocycles. The standard InChI is InChI=1S/C28H36ClFN6O2/c1-20(16-34-11-13-35(14-12-34)17-21-7-4-3-5-8-21)18-38-27-32-24-22(15-31-25(29)23(24)30)26(33-27)36-10-6-9-28(2,37)19-36/h3-5,7-8,15,20,37H,6,9-14,16-19H2,1-2H3/t20-,28-/m1/s1. The zero-order valence-electron chi connectivity index (χ0n) is 22.1. The number of nitrogens with zero attached hydrogens (tertiary/aromatic N) is 6. The van der Waals surface area contributed by atoms with Crippen molar-refractivity contribution in [3.63, 3.8) is 0 Å². The van der Waals surface area contributed by atoms with Crippen LogP contribution in [0.15, 0.2) is 36.5 Å². The van der Waals surface area contributed by atoms with E-state index < -0.39 is 11.4 Å². The van der Waals surface area contributed by atoms with Crippen LogP contribution in [0.5, 0.6) is 6.01 Å². The molecule has 0 bridgehead atoms. The number of β-amino-alcohol motifs (C(OH)–C–C–N with tert-alkyl or cyclic N) is 1. The van der Waals surface area contributed by atoms with Gasteiger partial charge in [0.2, 0.25) is 0 Å². The van der Waals surface area contributed by atoms with Gasteiger partial charge >= 0.3 is 6.01 Å². The molecule has 0 aliphatic carbocycles. The summed E-state index contributed by atoms with van der Waals surface area (Å²) in [5.41, 5.74) is 0.575. The van der Waals surface area contributed by atoms with E-state index in [-0.39, 0.29) is 22.6 Å². The molecular weight excluding hydrogens is 507 g/mol. The lowest BCUT2D eigenvalue weighted by Crippen LogP contribution is -2.47. The second kappa shape index (κ2) is 11.7. The number of ether oxygens (including phenoxy) is 1. The van der Waals surface area contributed by atoms with Gasteiger partial charge in [-0.05, 0) is 25.3 Å². The minimum absolute atomic E-state index is 0.0809. The summed E-state index contributed by atoms with van der Waals surface area (Å²) in [5.74, 6) is 0.0538. The lowest BCUT2D eigenvalue weighted by atomic mass is 9.95. The zero-order valence-corrected chi connectivity index (χ0v) is 22.9. The van der Waals surface area contributed by atoms with Crippen molar-refractivity contribution in [2.45, 2.75) is 38.8 Å². The molecular formula is C28H36ClFN6O2. The zero-order chi connectivity index (χ0) is 26.7. The topological polar surface area (TPSA) is 77.8 Å². The Balaban J connectivity index is 1.22. The lowest BCUT2D eigenvalue weighted by Gasteiger charge is -2.38. The number of fused-ring (bicyclic) bond motifs is 1. The van der Waals surface area contributed by atoms with E-state index in [1.54, 1.807) is 6.92 Å². The highest BCUT2D eigenvalue weighted by Gasteiger charge is 2.31. The first kappa shape index (κ1) is 27.0. The maximum Gasteiger partial charge on any atom is 0.319 e. The molecule has 0 spiro atoms. The van der Waals surface area contributed by atoms with Crippen LogP contribution in [-0.4, -0.2) is 87.9 Å². The lowest BCUT2D eigenvalue weighted by molar-refractivity contribution is 0.0447. The van der Waals surface area contributed by atoms with E-state index in [4.69, 9.17) is 16.3 Å². The Morgan fingerprint density at radius 3 is 2.58 bits per heavy atom. The van der Waals surface area contributed by atoms with Crippen LogP contribution in [0.1, 0.15) is 32.3 Å². The molecule has 2 fully saturated rings. The molecule has 0 saturated carbocycles. The van der Waals surface area contributed by atoms with Gasteiger partial charge in [0.25, 0.3) is 0 Å². The van der Waals surface area contributed by atoms with Gasteiger partial charge in [0.05, 0.1) is 17.6 Å². The molecule has 2 aromatic heterocycles. The molecule has 2 aliphatic rings. The highest BCUT2D eigenvalue weighted by atomic mass is 35.5. The number of benzene rings is 1. The molecule has 2 aliphatic heterocycles. The Labute approximate surface area is 228 Å². The number of piperidine rings is 1. The summed E-state index contributed by atoms with van der Waals surface area (Å²) in [5, 5.41) is 10.9. The second-order valence-electron chi connectivity index (χ2n) is 11.0. The van der Waals surface area contributed by atoms with Gasteiger partial charge in [0, 0.05) is 64.5 Å². The van der Waals surface area contributed by atoms with Gasteiger partial charge in [-0.3, -0.25) is 4.90 Å². The van der Waals surface area contributed by atoms with E-state index in [9.17, 15) is 9.50 Å². The van der Waals surface area contributed by atoms with Crippen molar-refractivity contribution in [2.75, 3.05) is 57.3 Å². The minimum Gasteiger partial charge on any atom is -0.463 e. The second-order valence-corrected chi connectivity index (χ2v) is 11.3. The Hall–Kier alpha value is -2.59. The highest BCUT2D eigenvalue weighted by molar-refractivity contribution is 6.30. The maximum absolute atomic E-state index is 14.9. The van der Waals surface area contributed by atoms with Crippen molar-refractivity contribution in [3.8, 4) is 6.01 Å².